The Morgan fingerprint density at radius 1 is 1.00 bits per heavy atom. The maximum absolute atomic E-state index is 13.5. The van der Waals surface area contributed by atoms with Crippen molar-refractivity contribution in [1.29, 1.82) is 0 Å². The molecule has 2 amide bonds. The number of amides is 2. The van der Waals surface area contributed by atoms with Crippen molar-refractivity contribution < 1.29 is 18.0 Å². The van der Waals surface area contributed by atoms with Gasteiger partial charge in [0.25, 0.3) is 0 Å². The van der Waals surface area contributed by atoms with Crippen LogP contribution in [0.3, 0.4) is 0 Å². The van der Waals surface area contributed by atoms with Crippen LogP contribution < -0.4 is 9.62 Å². The summed E-state index contributed by atoms with van der Waals surface area (Å²) in [6.45, 7) is 10.8. The van der Waals surface area contributed by atoms with E-state index in [1.54, 1.807) is 4.90 Å². The molecule has 0 aliphatic carbocycles. The van der Waals surface area contributed by atoms with E-state index in [1.807, 2.05) is 77.1 Å². The minimum Gasteiger partial charge on any atom is -0.354 e. The Hall–Kier alpha value is -2.87. The van der Waals surface area contributed by atoms with Gasteiger partial charge in [-0.1, -0.05) is 50.2 Å². The Labute approximate surface area is 216 Å². The van der Waals surface area contributed by atoms with Crippen LogP contribution >= 0.6 is 0 Å². The smallest absolute Gasteiger partial charge is 0.242 e. The van der Waals surface area contributed by atoms with E-state index in [4.69, 9.17) is 0 Å². The summed E-state index contributed by atoms with van der Waals surface area (Å²) in [4.78, 5) is 28.1. The molecule has 198 valence electrons. The lowest BCUT2D eigenvalue weighted by Crippen LogP contribution is -2.49. The van der Waals surface area contributed by atoms with Crippen molar-refractivity contribution in [3.63, 3.8) is 0 Å². The van der Waals surface area contributed by atoms with Crippen molar-refractivity contribution in [3.8, 4) is 0 Å². The van der Waals surface area contributed by atoms with Gasteiger partial charge in [-0.3, -0.25) is 13.9 Å². The van der Waals surface area contributed by atoms with Crippen LogP contribution in [0.25, 0.3) is 0 Å². The van der Waals surface area contributed by atoms with Gasteiger partial charge in [-0.05, 0) is 68.4 Å². The lowest BCUT2D eigenvalue weighted by atomic mass is 10.0. The minimum absolute atomic E-state index is 0.139. The number of carbonyl (C=O) groups excluding carboxylic acids is 2. The summed E-state index contributed by atoms with van der Waals surface area (Å²) in [6.07, 6.45) is 2.97. The zero-order chi connectivity index (χ0) is 26.9. The van der Waals surface area contributed by atoms with Gasteiger partial charge in [0.05, 0.1) is 11.9 Å². The number of nitrogens with one attached hydrogen (secondary N) is 1. The highest BCUT2D eigenvalue weighted by atomic mass is 32.2. The van der Waals surface area contributed by atoms with Gasteiger partial charge in [0.1, 0.15) is 6.04 Å². The summed E-state index contributed by atoms with van der Waals surface area (Å²) < 4.78 is 26.6. The maximum Gasteiger partial charge on any atom is 0.242 e. The molecule has 0 unspecified atom stereocenters. The first-order valence-electron chi connectivity index (χ1n) is 12.7. The van der Waals surface area contributed by atoms with Crippen LogP contribution in [0.4, 0.5) is 5.69 Å². The van der Waals surface area contributed by atoms with E-state index >= 15 is 0 Å². The number of rotatable bonds is 13. The zero-order valence-corrected chi connectivity index (χ0v) is 23.3. The number of anilines is 1. The molecule has 0 aliphatic rings. The third kappa shape index (κ3) is 8.08. The number of carbonyl (C=O) groups is 2. The molecule has 1 atom stereocenters. The summed E-state index contributed by atoms with van der Waals surface area (Å²) in [7, 11) is -3.53. The largest absolute Gasteiger partial charge is 0.354 e. The van der Waals surface area contributed by atoms with Crippen molar-refractivity contribution in [2.75, 3.05) is 23.7 Å². The first kappa shape index (κ1) is 29.4. The van der Waals surface area contributed by atoms with Gasteiger partial charge < -0.3 is 10.2 Å². The molecule has 0 fully saturated rings. The maximum atomic E-state index is 13.5. The van der Waals surface area contributed by atoms with Crippen LogP contribution in [0.5, 0.6) is 0 Å². The normalized spacial score (nSPS) is 12.2. The predicted molar refractivity (Wildman–Crippen MR) is 146 cm³/mol. The highest BCUT2D eigenvalue weighted by Gasteiger charge is 2.29. The third-order valence-corrected chi connectivity index (χ3v) is 7.50. The fourth-order valence-corrected chi connectivity index (χ4v) is 5.24. The standard InChI is InChI=1S/C28H41N3O4S/c1-7-17-29-28(33)25(8-2)30(20-24-13-10-9-12-22(24)4)27(32)14-11-18-31(36(6,34)35)26-19-21(3)15-16-23(26)5/h9-10,12-13,15-16,19,25H,7-8,11,14,17-18,20H2,1-6H3,(H,29,33)/t25-/m0/s1. The number of benzene rings is 2. The molecule has 7 nitrogen and oxygen atoms in total. The van der Waals surface area contributed by atoms with Crippen LogP contribution in [-0.4, -0.2) is 50.5 Å². The van der Waals surface area contributed by atoms with Crippen molar-refractivity contribution in [2.45, 2.75) is 72.9 Å². The Kier molecular flexibility index (Phi) is 11.0. The molecule has 0 spiro atoms. The van der Waals surface area contributed by atoms with Gasteiger partial charge in [-0.15, -0.1) is 0 Å². The number of aryl methyl sites for hydroxylation is 3. The van der Waals surface area contributed by atoms with E-state index in [0.29, 0.717) is 31.6 Å². The van der Waals surface area contributed by atoms with E-state index in [0.717, 1.165) is 28.7 Å². The molecule has 2 rings (SSSR count). The molecule has 0 aromatic heterocycles. The zero-order valence-electron chi connectivity index (χ0n) is 22.5. The first-order chi connectivity index (χ1) is 17.0. The lowest BCUT2D eigenvalue weighted by Gasteiger charge is -2.31. The molecule has 0 saturated carbocycles. The van der Waals surface area contributed by atoms with Gasteiger partial charge in [0, 0.05) is 26.1 Å². The van der Waals surface area contributed by atoms with E-state index in [1.165, 1.54) is 10.6 Å². The summed E-state index contributed by atoms with van der Waals surface area (Å²) in [5.41, 5.74) is 4.50. The van der Waals surface area contributed by atoms with Gasteiger partial charge in [-0.2, -0.15) is 0 Å². The van der Waals surface area contributed by atoms with Gasteiger partial charge in [-0.25, -0.2) is 8.42 Å². The van der Waals surface area contributed by atoms with Crippen molar-refractivity contribution >= 4 is 27.5 Å². The van der Waals surface area contributed by atoms with E-state index < -0.39 is 16.1 Å². The molecule has 0 bridgehead atoms. The average Bonchev–Trinajstić information content (AvgIpc) is 2.82. The van der Waals surface area contributed by atoms with Crippen molar-refractivity contribution in [2.24, 2.45) is 0 Å². The van der Waals surface area contributed by atoms with Gasteiger partial charge in [0.2, 0.25) is 21.8 Å². The van der Waals surface area contributed by atoms with E-state index in [-0.39, 0.29) is 24.8 Å². The molecule has 0 heterocycles. The number of nitrogens with zero attached hydrogens (tertiary/aromatic N) is 2. The van der Waals surface area contributed by atoms with Crippen LogP contribution in [0.15, 0.2) is 42.5 Å². The van der Waals surface area contributed by atoms with Crippen LogP contribution in [0, 0.1) is 20.8 Å². The molecular formula is C28H41N3O4S. The molecule has 2 aromatic carbocycles. The third-order valence-electron chi connectivity index (χ3n) is 6.32. The minimum atomic E-state index is -3.53. The van der Waals surface area contributed by atoms with Crippen LogP contribution in [0.2, 0.25) is 0 Å². The number of sulfonamides is 1. The molecule has 0 saturated heterocycles. The number of hydrogen-bond acceptors (Lipinski definition) is 4. The van der Waals surface area contributed by atoms with E-state index in [2.05, 4.69) is 5.32 Å². The molecule has 8 heteroatoms. The predicted octanol–water partition coefficient (Wildman–Crippen LogP) is 4.49. The molecule has 0 aliphatic heterocycles. The van der Waals surface area contributed by atoms with Crippen LogP contribution in [-0.2, 0) is 26.2 Å². The first-order valence-corrected chi connectivity index (χ1v) is 14.5. The molecule has 0 radical (unpaired) electrons. The summed E-state index contributed by atoms with van der Waals surface area (Å²) in [5.74, 6) is -0.319. The Morgan fingerprint density at radius 2 is 1.69 bits per heavy atom. The van der Waals surface area contributed by atoms with Crippen molar-refractivity contribution in [1.82, 2.24) is 10.2 Å². The topological polar surface area (TPSA) is 86.8 Å². The Bertz CT molecular complexity index is 1150. The Balaban J connectivity index is 2.25. The van der Waals surface area contributed by atoms with Crippen molar-refractivity contribution in [3.05, 3.63) is 64.7 Å². The molecule has 1 N–H and O–H groups in total. The second-order valence-electron chi connectivity index (χ2n) is 9.39. The summed E-state index contributed by atoms with van der Waals surface area (Å²) in [5, 5.41) is 2.93. The highest BCUT2D eigenvalue weighted by molar-refractivity contribution is 7.92. The Morgan fingerprint density at radius 3 is 2.31 bits per heavy atom. The fourth-order valence-electron chi connectivity index (χ4n) is 4.23. The van der Waals surface area contributed by atoms with E-state index in [9.17, 15) is 18.0 Å². The molecular weight excluding hydrogens is 474 g/mol. The number of hydrogen-bond donors (Lipinski definition) is 1. The van der Waals surface area contributed by atoms with Crippen LogP contribution in [0.1, 0.15) is 61.8 Å². The molecule has 2 aromatic rings. The molecule has 36 heavy (non-hydrogen) atoms. The monoisotopic (exact) mass is 515 g/mol. The van der Waals surface area contributed by atoms with Gasteiger partial charge in [0.15, 0.2) is 0 Å². The summed E-state index contributed by atoms with van der Waals surface area (Å²) >= 11 is 0. The summed E-state index contributed by atoms with van der Waals surface area (Å²) in [6, 6.07) is 12.9. The van der Waals surface area contributed by atoms with Gasteiger partial charge >= 0.3 is 0 Å². The second kappa shape index (κ2) is 13.4. The lowest BCUT2D eigenvalue weighted by molar-refractivity contribution is -0.141. The quantitative estimate of drug-likeness (QED) is 0.426. The highest BCUT2D eigenvalue weighted by Crippen LogP contribution is 2.25. The average molecular weight is 516 g/mol. The SMILES string of the molecule is CCCNC(=O)[C@H](CC)N(Cc1ccccc1C)C(=O)CCCN(c1cc(C)ccc1C)S(C)(=O)=O. The second-order valence-corrected chi connectivity index (χ2v) is 11.3. The fraction of sp³-hybridized carbons (Fsp3) is 0.500.